The molecule has 0 aliphatic heterocycles. The number of benzene rings is 2. The number of aryl methyl sites for hydroxylation is 2. The predicted molar refractivity (Wildman–Crippen MR) is 91.0 cm³/mol. The third kappa shape index (κ3) is 3.89. The minimum atomic E-state index is -0.0466. The molecule has 0 unspecified atom stereocenters. The maximum Gasteiger partial charge on any atom is 0.187 e. The van der Waals surface area contributed by atoms with E-state index in [1.807, 2.05) is 32.0 Å². The fourth-order valence-corrected chi connectivity index (χ4v) is 2.26. The van der Waals surface area contributed by atoms with E-state index in [1.54, 1.807) is 31.5 Å². The third-order valence-electron chi connectivity index (χ3n) is 3.29. The van der Waals surface area contributed by atoms with Crippen LogP contribution in [0.1, 0.15) is 21.5 Å². The lowest BCUT2D eigenvalue weighted by Gasteiger charge is -2.08. The molecule has 2 rings (SSSR count). The normalized spacial score (nSPS) is 10.7. The van der Waals surface area contributed by atoms with Gasteiger partial charge in [-0.3, -0.25) is 4.79 Å². The Morgan fingerprint density at radius 3 is 2.68 bits per heavy atom. The van der Waals surface area contributed by atoms with Gasteiger partial charge in [-0.1, -0.05) is 29.3 Å². The average Bonchev–Trinajstić information content (AvgIpc) is 2.50. The molecule has 0 aliphatic carbocycles. The fraction of sp³-hybridized carbons (Fsp3) is 0.167. The number of nitrogens with one attached hydrogen (secondary N) is 1. The number of hydrogen-bond acceptors (Lipinski definition) is 3. The molecule has 0 amide bonds. The van der Waals surface area contributed by atoms with E-state index in [0.29, 0.717) is 22.0 Å². The minimum absolute atomic E-state index is 0.0466. The van der Waals surface area contributed by atoms with Gasteiger partial charge in [-0.05, 0) is 43.7 Å². The van der Waals surface area contributed by atoms with Crippen LogP contribution in [0.2, 0.25) is 5.02 Å². The van der Waals surface area contributed by atoms with Crippen molar-refractivity contribution in [3.63, 3.8) is 0 Å². The molecule has 1 N–H and O–H groups in total. The first kappa shape index (κ1) is 16.1. The first-order chi connectivity index (χ1) is 10.5. The first-order valence-electron chi connectivity index (χ1n) is 6.89. The number of methoxy groups -OCH3 is 1. The topological polar surface area (TPSA) is 38.3 Å². The highest BCUT2D eigenvalue weighted by atomic mass is 35.5. The highest BCUT2D eigenvalue weighted by Crippen LogP contribution is 2.27. The Morgan fingerprint density at radius 2 is 1.95 bits per heavy atom. The van der Waals surface area contributed by atoms with Gasteiger partial charge in [-0.15, -0.1) is 0 Å². The lowest BCUT2D eigenvalue weighted by Crippen LogP contribution is -2.00. The molecule has 0 radical (unpaired) electrons. The molecular weight excluding hydrogens is 298 g/mol. The zero-order chi connectivity index (χ0) is 16.1. The molecule has 0 spiro atoms. The maximum atomic E-state index is 12.2. The van der Waals surface area contributed by atoms with E-state index in [-0.39, 0.29) is 5.78 Å². The van der Waals surface area contributed by atoms with E-state index >= 15 is 0 Å². The molecule has 0 bridgehead atoms. The van der Waals surface area contributed by atoms with E-state index in [4.69, 9.17) is 16.3 Å². The molecular formula is C18H18ClNO2. The highest BCUT2D eigenvalue weighted by molar-refractivity contribution is 6.30. The van der Waals surface area contributed by atoms with Crippen molar-refractivity contribution in [1.82, 2.24) is 0 Å². The van der Waals surface area contributed by atoms with Crippen LogP contribution in [-0.4, -0.2) is 12.9 Å². The van der Waals surface area contributed by atoms with Crippen LogP contribution in [-0.2, 0) is 0 Å². The molecule has 0 aromatic heterocycles. The molecule has 0 aliphatic rings. The van der Waals surface area contributed by atoms with E-state index in [0.717, 1.165) is 11.1 Å². The van der Waals surface area contributed by atoms with Crippen molar-refractivity contribution in [2.24, 2.45) is 0 Å². The highest BCUT2D eigenvalue weighted by Gasteiger charge is 2.06. The van der Waals surface area contributed by atoms with Gasteiger partial charge in [0, 0.05) is 22.9 Å². The number of carbonyl (C=O) groups excluding carboxylic acids is 1. The Balaban J connectivity index is 2.14. The molecule has 114 valence electrons. The van der Waals surface area contributed by atoms with Gasteiger partial charge in [-0.2, -0.15) is 0 Å². The Bertz CT molecular complexity index is 723. The Kier molecular flexibility index (Phi) is 5.23. The Labute approximate surface area is 135 Å². The van der Waals surface area contributed by atoms with Gasteiger partial charge in [0.2, 0.25) is 0 Å². The molecule has 2 aromatic carbocycles. The van der Waals surface area contributed by atoms with Gasteiger partial charge >= 0.3 is 0 Å². The smallest absolute Gasteiger partial charge is 0.187 e. The number of hydrogen-bond donors (Lipinski definition) is 1. The van der Waals surface area contributed by atoms with E-state index in [2.05, 4.69) is 5.32 Å². The average molecular weight is 316 g/mol. The molecule has 0 heterocycles. The number of ketones is 1. The van der Waals surface area contributed by atoms with Gasteiger partial charge in [-0.25, -0.2) is 0 Å². The SMILES string of the molecule is COc1ccc(Cl)cc1N/C=C/C(=O)c1cc(C)ccc1C. The summed E-state index contributed by atoms with van der Waals surface area (Å²) < 4.78 is 5.24. The van der Waals surface area contributed by atoms with Gasteiger partial charge < -0.3 is 10.1 Å². The summed E-state index contributed by atoms with van der Waals surface area (Å²) in [5.74, 6) is 0.614. The van der Waals surface area contributed by atoms with Crippen LogP contribution >= 0.6 is 11.6 Å². The van der Waals surface area contributed by atoms with Crippen molar-refractivity contribution < 1.29 is 9.53 Å². The van der Waals surface area contributed by atoms with Gasteiger partial charge in [0.1, 0.15) is 5.75 Å². The number of rotatable bonds is 5. The van der Waals surface area contributed by atoms with Crippen LogP contribution in [0, 0.1) is 13.8 Å². The quantitative estimate of drug-likeness (QED) is 0.637. The number of halogens is 1. The van der Waals surface area contributed by atoms with Gasteiger partial charge in [0.15, 0.2) is 5.78 Å². The van der Waals surface area contributed by atoms with Crippen LogP contribution in [0.15, 0.2) is 48.7 Å². The zero-order valence-corrected chi connectivity index (χ0v) is 13.6. The zero-order valence-electron chi connectivity index (χ0n) is 12.8. The lowest BCUT2D eigenvalue weighted by molar-refractivity contribution is 0.104. The molecule has 0 saturated heterocycles. The first-order valence-corrected chi connectivity index (χ1v) is 7.27. The second-order valence-electron chi connectivity index (χ2n) is 5.00. The van der Waals surface area contributed by atoms with Crippen molar-refractivity contribution in [1.29, 1.82) is 0 Å². The second-order valence-corrected chi connectivity index (χ2v) is 5.44. The minimum Gasteiger partial charge on any atom is -0.495 e. The summed E-state index contributed by atoms with van der Waals surface area (Å²) in [6, 6.07) is 11.1. The van der Waals surface area contributed by atoms with Crippen molar-refractivity contribution in [3.05, 3.63) is 70.4 Å². The predicted octanol–water partition coefficient (Wildman–Crippen LogP) is 4.77. The molecule has 2 aromatic rings. The summed E-state index contributed by atoms with van der Waals surface area (Å²) in [6.07, 6.45) is 3.10. The molecule has 4 heteroatoms. The number of allylic oxidation sites excluding steroid dienone is 1. The number of anilines is 1. The largest absolute Gasteiger partial charge is 0.495 e. The van der Waals surface area contributed by atoms with Crippen LogP contribution in [0.25, 0.3) is 0 Å². The van der Waals surface area contributed by atoms with Crippen LogP contribution in [0.5, 0.6) is 5.75 Å². The standard InChI is InChI=1S/C18H18ClNO2/c1-12-4-5-13(2)15(10-12)17(21)8-9-20-16-11-14(19)6-7-18(16)22-3/h4-11,20H,1-3H3/b9-8+. The van der Waals surface area contributed by atoms with Crippen LogP contribution in [0.3, 0.4) is 0 Å². The maximum absolute atomic E-state index is 12.2. The number of ether oxygens (including phenoxy) is 1. The van der Waals surface area contributed by atoms with Crippen molar-refractivity contribution in [3.8, 4) is 5.75 Å². The molecule has 3 nitrogen and oxygen atoms in total. The van der Waals surface area contributed by atoms with E-state index in [9.17, 15) is 4.79 Å². The molecule has 0 fully saturated rings. The van der Waals surface area contributed by atoms with E-state index in [1.165, 1.54) is 6.08 Å². The summed E-state index contributed by atoms with van der Waals surface area (Å²) in [4.78, 5) is 12.2. The van der Waals surface area contributed by atoms with Gasteiger partial charge in [0.05, 0.1) is 12.8 Å². The van der Waals surface area contributed by atoms with Crippen LogP contribution < -0.4 is 10.1 Å². The molecule has 22 heavy (non-hydrogen) atoms. The third-order valence-corrected chi connectivity index (χ3v) is 3.53. The monoisotopic (exact) mass is 315 g/mol. The summed E-state index contributed by atoms with van der Waals surface area (Å²) in [7, 11) is 1.58. The molecule has 0 atom stereocenters. The summed E-state index contributed by atoms with van der Waals surface area (Å²) in [5, 5.41) is 3.62. The second kappa shape index (κ2) is 7.14. The Morgan fingerprint density at radius 1 is 1.18 bits per heavy atom. The van der Waals surface area contributed by atoms with Crippen molar-refractivity contribution in [2.45, 2.75) is 13.8 Å². The van der Waals surface area contributed by atoms with Crippen molar-refractivity contribution >= 4 is 23.1 Å². The molecule has 0 saturated carbocycles. The fourth-order valence-electron chi connectivity index (χ4n) is 2.09. The van der Waals surface area contributed by atoms with Gasteiger partial charge in [0.25, 0.3) is 0 Å². The van der Waals surface area contributed by atoms with E-state index < -0.39 is 0 Å². The summed E-state index contributed by atoms with van der Waals surface area (Å²) in [6.45, 7) is 3.89. The lowest BCUT2D eigenvalue weighted by atomic mass is 10.0. The van der Waals surface area contributed by atoms with Crippen LogP contribution in [0.4, 0.5) is 5.69 Å². The van der Waals surface area contributed by atoms with Crippen molar-refractivity contribution in [2.75, 3.05) is 12.4 Å². The Hall–Kier alpha value is -2.26. The summed E-state index contributed by atoms with van der Waals surface area (Å²) in [5.41, 5.74) is 3.43. The summed E-state index contributed by atoms with van der Waals surface area (Å²) >= 11 is 5.96. The number of carbonyl (C=O) groups is 1.